The lowest BCUT2D eigenvalue weighted by molar-refractivity contribution is -0.194. The quantitative estimate of drug-likeness (QED) is 0.573. The highest BCUT2D eigenvalue weighted by molar-refractivity contribution is 4.60. The van der Waals surface area contributed by atoms with E-state index in [2.05, 4.69) is 13.8 Å². The van der Waals surface area contributed by atoms with Gasteiger partial charge in [0, 0.05) is 26.1 Å². The van der Waals surface area contributed by atoms with Crippen LogP contribution in [-0.2, 0) is 28.4 Å². The fourth-order valence-corrected chi connectivity index (χ4v) is 2.65. The van der Waals surface area contributed by atoms with Gasteiger partial charge in [-0.15, -0.1) is 0 Å². The monoisotopic (exact) mass is 332 g/mol. The van der Waals surface area contributed by atoms with Crippen molar-refractivity contribution >= 4 is 0 Å². The fraction of sp³-hybridized carbons (Fsp3) is 1.00. The Bertz CT molecular complexity index is 261. The summed E-state index contributed by atoms with van der Waals surface area (Å²) < 4.78 is 33.7. The van der Waals surface area contributed by atoms with E-state index in [1.54, 1.807) is 0 Å². The maximum atomic E-state index is 5.79. The highest BCUT2D eigenvalue weighted by Crippen LogP contribution is 2.14. The first-order chi connectivity index (χ1) is 11.2. The minimum atomic E-state index is -0.106. The zero-order valence-electron chi connectivity index (χ0n) is 14.5. The van der Waals surface area contributed by atoms with E-state index in [1.165, 1.54) is 0 Å². The predicted molar refractivity (Wildman–Crippen MR) is 85.3 cm³/mol. The Hall–Kier alpha value is -0.240. The molecule has 2 aliphatic heterocycles. The molecule has 0 aromatic rings. The molecule has 2 unspecified atom stereocenters. The van der Waals surface area contributed by atoms with E-state index in [-0.39, 0.29) is 24.8 Å². The molecule has 0 radical (unpaired) electrons. The highest BCUT2D eigenvalue weighted by atomic mass is 16.7. The van der Waals surface area contributed by atoms with Crippen LogP contribution in [0.1, 0.15) is 46.0 Å². The van der Waals surface area contributed by atoms with Gasteiger partial charge in [-0.1, -0.05) is 0 Å². The lowest BCUT2D eigenvalue weighted by Crippen LogP contribution is -2.29. The lowest BCUT2D eigenvalue weighted by Gasteiger charge is -2.26. The van der Waals surface area contributed by atoms with Gasteiger partial charge in [0.2, 0.25) is 0 Å². The van der Waals surface area contributed by atoms with E-state index in [1.807, 2.05) is 0 Å². The average molecular weight is 332 g/mol. The van der Waals surface area contributed by atoms with Crippen LogP contribution in [0, 0.1) is 0 Å². The molecule has 2 rings (SSSR count). The highest BCUT2D eigenvalue weighted by Gasteiger charge is 2.19. The predicted octanol–water partition coefficient (Wildman–Crippen LogP) is 2.49. The summed E-state index contributed by atoms with van der Waals surface area (Å²) in [6, 6.07) is 0. The summed E-state index contributed by atoms with van der Waals surface area (Å²) in [6.07, 6.45) is 4.49. The van der Waals surface area contributed by atoms with E-state index in [4.69, 9.17) is 28.4 Å². The van der Waals surface area contributed by atoms with Gasteiger partial charge in [0.25, 0.3) is 0 Å². The molecule has 0 aliphatic carbocycles. The molecule has 0 aromatic heterocycles. The zero-order chi connectivity index (χ0) is 16.3. The lowest BCUT2D eigenvalue weighted by atomic mass is 10.2. The Morgan fingerprint density at radius 2 is 1.13 bits per heavy atom. The third-order valence-corrected chi connectivity index (χ3v) is 3.93. The second-order valence-electron chi connectivity index (χ2n) is 6.24. The van der Waals surface area contributed by atoms with Crippen molar-refractivity contribution in [2.24, 2.45) is 0 Å². The molecule has 136 valence electrons. The average Bonchev–Trinajstić information content (AvgIpc) is 2.56. The van der Waals surface area contributed by atoms with E-state index in [0.29, 0.717) is 13.2 Å². The molecule has 2 atom stereocenters. The van der Waals surface area contributed by atoms with Gasteiger partial charge in [-0.25, -0.2) is 0 Å². The summed E-state index contributed by atoms with van der Waals surface area (Å²) in [5, 5.41) is 0. The van der Waals surface area contributed by atoms with Crippen LogP contribution in [0.4, 0.5) is 0 Å². The Morgan fingerprint density at radius 1 is 0.739 bits per heavy atom. The van der Waals surface area contributed by atoms with E-state index in [0.717, 1.165) is 58.5 Å². The number of ether oxygens (including phenoxy) is 6. The van der Waals surface area contributed by atoms with Crippen molar-refractivity contribution in [3.8, 4) is 0 Å². The molecule has 0 saturated carbocycles. The van der Waals surface area contributed by atoms with Gasteiger partial charge in [-0.05, 0) is 33.1 Å². The van der Waals surface area contributed by atoms with Gasteiger partial charge < -0.3 is 28.4 Å². The first-order valence-corrected chi connectivity index (χ1v) is 8.93. The van der Waals surface area contributed by atoms with Crippen molar-refractivity contribution in [3.05, 3.63) is 0 Å². The number of rotatable bonds is 10. The summed E-state index contributed by atoms with van der Waals surface area (Å²) in [5.74, 6) is 0. The molecule has 6 nitrogen and oxygen atoms in total. The maximum absolute atomic E-state index is 5.79. The van der Waals surface area contributed by atoms with Gasteiger partial charge in [0.05, 0.1) is 38.6 Å². The summed E-state index contributed by atoms with van der Waals surface area (Å²) in [4.78, 5) is 0. The first kappa shape index (κ1) is 19.1. The van der Waals surface area contributed by atoms with Crippen molar-refractivity contribution in [2.75, 3.05) is 39.6 Å². The number of hydrogen-bond acceptors (Lipinski definition) is 6. The zero-order valence-corrected chi connectivity index (χ0v) is 14.5. The van der Waals surface area contributed by atoms with E-state index in [9.17, 15) is 0 Å². The Kier molecular flexibility index (Phi) is 9.41. The van der Waals surface area contributed by atoms with Gasteiger partial charge in [-0.3, -0.25) is 0 Å². The molecular weight excluding hydrogens is 300 g/mol. The van der Waals surface area contributed by atoms with Gasteiger partial charge >= 0.3 is 0 Å². The fourth-order valence-electron chi connectivity index (χ4n) is 2.65. The molecule has 23 heavy (non-hydrogen) atoms. The van der Waals surface area contributed by atoms with Crippen LogP contribution in [0.15, 0.2) is 0 Å². The van der Waals surface area contributed by atoms with Crippen LogP contribution >= 0.6 is 0 Å². The minimum absolute atomic E-state index is 0.106. The molecule has 0 aromatic carbocycles. The SMILES string of the molecule is CC(CC1OCCCO1)OCCCOC(C)CC1OCCCO1. The summed E-state index contributed by atoms with van der Waals surface area (Å²) in [5.41, 5.74) is 0. The molecule has 0 N–H and O–H groups in total. The van der Waals surface area contributed by atoms with Gasteiger partial charge in [0.15, 0.2) is 12.6 Å². The van der Waals surface area contributed by atoms with E-state index < -0.39 is 0 Å². The second-order valence-corrected chi connectivity index (χ2v) is 6.24. The largest absolute Gasteiger partial charge is 0.378 e. The van der Waals surface area contributed by atoms with Crippen molar-refractivity contribution in [3.63, 3.8) is 0 Å². The third kappa shape index (κ3) is 8.42. The van der Waals surface area contributed by atoms with Gasteiger partial charge in [0.1, 0.15) is 0 Å². The maximum Gasteiger partial charge on any atom is 0.160 e. The van der Waals surface area contributed by atoms with Crippen molar-refractivity contribution in [1.29, 1.82) is 0 Å². The number of hydrogen-bond donors (Lipinski definition) is 0. The minimum Gasteiger partial charge on any atom is -0.378 e. The molecule has 0 amide bonds. The first-order valence-electron chi connectivity index (χ1n) is 8.93. The van der Waals surface area contributed by atoms with Crippen LogP contribution in [0.2, 0.25) is 0 Å². The third-order valence-electron chi connectivity index (χ3n) is 3.93. The Balaban J connectivity index is 1.43. The Morgan fingerprint density at radius 3 is 1.52 bits per heavy atom. The van der Waals surface area contributed by atoms with Crippen molar-refractivity contribution in [1.82, 2.24) is 0 Å². The summed E-state index contributed by atoms with van der Waals surface area (Å²) >= 11 is 0. The molecule has 2 heterocycles. The topological polar surface area (TPSA) is 55.4 Å². The van der Waals surface area contributed by atoms with Crippen LogP contribution in [-0.4, -0.2) is 64.4 Å². The summed E-state index contributed by atoms with van der Waals surface area (Å²) in [7, 11) is 0. The standard InChI is InChI=1S/C17H32O6/c1-14(12-16-20-8-4-9-21-16)18-6-3-7-19-15(2)13-17-22-10-5-11-23-17/h14-17H,3-13H2,1-2H3. The van der Waals surface area contributed by atoms with Crippen molar-refractivity contribution < 1.29 is 28.4 Å². The smallest absolute Gasteiger partial charge is 0.160 e. The second kappa shape index (κ2) is 11.3. The molecule has 2 aliphatic rings. The molecule has 0 bridgehead atoms. The molecular formula is C17H32O6. The molecule has 6 heteroatoms. The van der Waals surface area contributed by atoms with Gasteiger partial charge in [-0.2, -0.15) is 0 Å². The van der Waals surface area contributed by atoms with E-state index >= 15 is 0 Å². The van der Waals surface area contributed by atoms with Crippen LogP contribution in [0.25, 0.3) is 0 Å². The Labute approximate surface area is 139 Å². The van der Waals surface area contributed by atoms with Crippen LogP contribution in [0.5, 0.6) is 0 Å². The molecule has 2 fully saturated rings. The van der Waals surface area contributed by atoms with Crippen molar-refractivity contribution in [2.45, 2.75) is 70.7 Å². The molecule has 0 spiro atoms. The normalized spacial score (nSPS) is 23.7. The molecule has 2 saturated heterocycles. The summed E-state index contributed by atoms with van der Waals surface area (Å²) in [6.45, 7) is 8.66. The van der Waals surface area contributed by atoms with Crippen LogP contribution < -0.4 is 0 Å². The van der Waals surface area contributed by atoms with Crippen LogP contribution in [0.3, 0.4) is 0 Å².